The molecule has 0 aromatic heterocycles. The van der Waals surface area contributed by atoms with Crippen LogP contribution in [0.4, 0.5) is 0 Å². The third-order valence-corrected chi connectivity index (χ3v) is 10.9. The van der Waals surface area contributed by atoms with E-state index in [0.717, 1.165) is 32.1 Å². The molecule has 2 unspecified atom stereocenters. The Kier molecular flexibility index (Phi) is 32.6. The van der Waals surface area contributed by atoms with E-state index >= 15 is 0 Å². The van der Waals surface area contributed by atoms with Crippen LogP contribution < -0.4 is 0 Å². The minimum absolute atomic E-state index is 0.315. The average Bonchev–Trinajstić information content (AvgIpc) is 3.11. The van der Waals surface area contributed by atoms with Gasteiger partial charge in [-0.3, -0.25) is 4.79 Å². The molecular formula is C47H85NO. The Hall–Kier alpha value is -1.41. The maximum Gasteiger partial charge on any atom is 0.136 e. The number of unbranched alkanes of at least 4 members (excludes halogenated alkanes) is 18. The van der Waals surface area contributed by atoms with Crippen molar-refractivity contribution in [2.45, 2.75) is 219 Å². The molecule has 0 bridgehead atoms. The van der Waals surface area contributed by atoms with Crippen LogP contribution in [0.25, 0.3) is 0 Å². The Bertz CT molecular complexity index is 787. The molecule has 2 heteroatoms. The van der Waals surface area contributed by atoms with E-state index in [1.165, 1.54) is 167 Å². The molecule has 0 saturated heterocycles. The molecule has 2 nitrogen and oxygen atoms in total. The lowest BCUT2D eigenvalue weighted by Gasteiger charge is -2.33. The van der Waals surface area contributed by atoms with Crippen molar-refractivity contribution in [1.29, 1.82) is 0 Å². The lowest BCUT2D eigenvalue weighted by molar-refractivity contribution is -0.125. The summed E-state index contributed by atoms with van der Waals surface area (Å²) in [5.74, 6) is 1.52. The van der Waals surface area contributed by atoms with Crippen LogP contribution in [0.15, 0.2) is 48.6 Å². The normalized spacial score (nSPS) is 17.3. The highest BCUT2D eigenvalue weighted by molar-refractivity contribution is 5.81. The van der Waals surface area contributed by atoms with Gasteiger partial charge in [0.1, 0.15) is 5.78 Å². The molecule has 0 aliphatic heterocycles. The molecule has 1 saturated carbocycles. The first kappa shape index (κ1) is 45.6. The molecule has 0 N–H and O–H groups in total. The monoisotopic (exact) mass is 680 g/mol. The van der Waals surface area contributed by atoms with Gasteiger partial charge in [0.25, 0.3) is 0 Å². The Balaban J connectivity index is 2.25. The van der Waals surface area contributed by atoms with E-state index in [2.05, 4.69) is 81.5 Å². The number of allylic oxidation sites excluding steroid dienone is 8. The third-order valence-electron chi connectivity index (χ3n) is 10.9. The summed E-state index contributed by atoms with van der Waals surface area (Å²) in [5.41, 5.74) is 0. The molecule has 284 valence electrons. The summed E-state index contributed by atoms with van der Waals surface area (Å²) in [5, 5.41) is 0. The van der Waals surface area contributed by atoms with Crippen molar-refractivity contribution >= 4 is 5.78 Å². The topological polar surface area (TPSA) is 20.3 Å². The van der Waals surface area contributed by atoms with Gasteiger partial charge in [-0.05, 0) is 103 Å². The fourth-order valence-corrected chi connectivity index (χ4v) is 7.57. The molecule has 0 amide bonds. The lowest BCUT2D eigenvalue weighted by Crippen LogP contribution is -2.36. The van der Waals surface area contributed by atoms with Crippen LogP contribution in [0.3, 0.4) is 0 Å². The van der Waals surface area contributed by atoms with Gasteiger partial charge in [0.2, 0.25) is 0 Å². The van der Waals surface area contributed by atoms with Crippen LogP contribution in [0.2, 0.25) is 0 Å². The molecule has 1 rings (SSSR count). The molecule has 49 heavy (non-hydrogen) atoms. The van der Waals surface area contributed by atoms with Crippen LogP contribution in [0.5, 0.6) is 0 Å². The number of hydrogen-bond acceptors (Lipinski definition) is 2. The summed E-state index contributed by atoms with van der Waals surface area (Å²) in [6.45, 7) is 4.54. The van der Waals surface area contributed by atoms with E-state index in [9.17, 15) is 4.79 Å². The predicted octanol–water partition coefficient (Wildman–Crippen LogP) is 15.1. The van der Waals surface area contributed by atoms with Gasteiger partial charge in [-0.15, -0.1) is 0 Å². The van der Waals surface area contributed by atoms with Gasteiger partial charge in [0.05, 0.1) is 0 Å². The lowest BCUT2D eigenvalue weighted by atomic mass is 9.79. The smallest absolute Gasteiger partial charge is 0.136 e. The molecule has 2 atom stereocenters. The summed E-state index contributed by atoms with van der Waals surface area (Å²) in [7, 11) is 4.38. The van der Waals surface area contributed by atoms with Crippen molar-refractivity contribution < 1.29 is 4.79 Å². The first-order valence-electron chi connectivity index (χ1n) is 21.9. The Morgan fingerprint density at radius 2 is 0.959 bits per heavy atom. The Morgan fingerprint density at radius 3 is 1.39 bits per heavy atom. The van der Waals surface area contributed by atoms with Crippen molar-refractivity contribution in [3.8, 4) is 0 Å². The van der Waals surface area contributed by atoms with E-state index in [4.69, 9.17) is 0 Å². The fraction of sp³-hybridized carbons (Fsp3) is 0.809. The van der Waals surface area contributed by atoms with Gasteiger partial charge in [0, 0.05) is 18.4 Å². The summed E-state index contributed by atoms with van der Waals surface area (Å²) < 4.78 is 0. The molecule has 0 aromatic rings. The van der Waals surface area contributed by atoms with Crippen LogP contribution in [0.1, 0.15) is 213 Å². The van der Waals surface area contributed by atoms with Gasteiger partial charge in [0.15, 0.2) is 0 Å². The number of carbonyl (C=O) groups excluding carboxylic acids is 1. The average molecular weight is 680 g/mol. The number of carbonyl (C=O) groups is 1. The van der Waals surface area contributed by atoms with Crippen molar-refractivity contribution in [2.24, 2.45) is 11.8 Å². The predicted molar refractivity (Wildman–Crippen MR) is 220 cm³/mol. The minimum atomic E-state index is 0.315. The zero-order valence-corrected chi connectivity index (χ0v) is 33.6. The van der Waals surface area contributed by atoms with Gasteiger partial charge < -0.3 is 4.90 Å². The number of rotatable bonds is 34. The minimum Gasteiger partial charge on any atom is -0.306 e. The van der Waals surface area contributed by atoms with Crippen molar-refractivity contribution in [2.75, 3.05) is 14.1 Å². The largest absolute Gasteiger partial charge is 0.306 e. The highest BCUT2D eigenvalue weighted by Crippen LogP contribution is 2.31. The molecule has 1 aliphatic rings. The highest BCUT2D eigenvalue weighted by Gasteiger charge is 2.29. The van der Waals surface area contributed by atoms with E-state index < -0.39 is 0 Å². The maximum atomic E-state index is 13.5. The molecule has 1 aliphatic carbocycles. The Labute approximate surface area is 308 Å². The first-order valence-corrected chi connectivity index (χ1v) is 21.9. The van der Waals surface area contributed by atoms with Crippen LogP contribution in [-0.4, -0.2) is 30.8 Å². The highest BCUT2D eigenvalue weighted by atomic mass is 16.1. The number of Topliss-reactive ketones (excluding diaryl/α,β-unsaturated/α-hetero) is 1. The van der Waals surface area contributed by atoms with E-state index in [0.29, 0.717) is 23.7 Å². The second-order valence-electron chi connectivity index (χ2n) is 15.8. The number of nitrogens with zero attached hydrogens (tertiary/aromatic N) is 1. The van der Waals surface area contributed by atoms with Crippen LogP contribution in [0, 0.1) is 11.8 Å². The fourth-order valence-electron chi connectivity index (χ4n) is 7.57. The summed E-state index contributed by atoms with van der Waals surface area (Å²) >= 11 is 0. The number of ketones is 1. The molecule has 0 spiro atoms. The molecule has 0 radical (unpaired) electrons. The maximum absolute atomic E-state index is 13.5. The van der Waals surface area contributed by atoms with E-state index in [1.54, 1.807) is 0 Å². The van der Waals surface area contributed by atoms with Crippen molar-refractivity contribution in [3.05, 3.63) is 48.6 Å². The SMILES string of the molecule is CCCCC/C=C\C/C=C\CCCCCCCCC(CCCCCCCC/C=C\C/C=C\CCCCC)CC(=O)C1CCCC(N(C)C)C1. The van der Waals surface area contributed by atoms with E-state index in [1.807, 2.05) is 0 Å². The van der Waals surface area contributed by atoms with Gasteiger partial charge in [-0.1, -0.05) is 172 Å². The molecule has 0 aromatic carbocycles. The summed E-state index contributed by atoms with van der Waals surface area (Å²) in [4.78, 5) is 15.8. The molecule has 0 heterocycles. The zero-order chi connectivity index (χ0) is 35.5. The second-order valence-corrected chi connectivity index (χ2v) is 15.8. The van der Waals surface area contributed by atoms with Gasteiger partial charge in [-0.25, -0.2) is 0 Å². The van der Waals surface area contributed by atoms with Crippen LogP contribution >= 0.6 is 0 Å². The molecular weight excluding hydrogens is 595 g/mol. The Morgan fingerprint density at radius 1 is 0.551 bits per heavy atom. The van der Waals surface area contributed by atoms with Crippen LogP contribution in [-0.2, 0) is 4.79 Å². The standard InChI is InChI=1S/C47H85NO/c1-5-7-9-11-13-15-17-19-21-23-25-27-29-31-33-35-38-44(42-47(49)45-40-37-41-46(43-45)48(3)4)39-36-34-32-30-28-26-24-22-20-18-16-14-12-10-8-6-2/h13-16,19-22,44-46H,5-12,17-18,23-43H2,1-4H3/b15-13-,16-14-,21-19-,22-20-. The van der Waals surface area contributed by atoms with E-state index in [-0.39, 0.29) is 0 Å². The van der Waals surface area contributed by atoms with Gasteiger partial charge >= 0.3 is 0 Å². The zero-order valence-electron chi connectivity index (χ0n) is 33.6. The summed E-state index contributed by atoms with van der Waals surface area (Å²) in [6, 6.07) is 0.599. The molecule has 1 fully saturated rings. The third kappa shape index (κ3) is 28.9. The first-order chi connectivity index (χ1) is 24.1. The van der Waals surface area contributed by atoms with Crippen molar-refractivity contribution in [3.63, 3.8) is 0 Å². The quantitative estimate of drug-likeness (QED) is 0.0498. The number of hydrogen-bond donors (Lipinski definition) is 0. The van der Waals surface area contributed by atoms with Gasteiger partial charge in [-0.2, -0.15) is 0 Å². The van der Waals surface area contributed by atoms with Crippen molar-refractivity contribution in [1.82, 2.24) is 4.90 Å². The summed E-state index contributed by atoms with van der Waals surface area (Å²) in [6.07, 6.45) is 58.3. The second kappa shape index (κ2) is 35.0.